The highest BCUT2D eigenvalue weighted by Crippen LogP contribution is 2.28. The van der Waals surface area contributed by atoms with Gasteiger partial charge in [-0.1, -0.05) is 19.4 Å². The van der Waals surface area contributed by atoms with Crippen LogP contribution in [0.5, 0.6) is 0 Å². The fraction of sp³-hybridized carbons (Fsp3) is 0.400. The molecule has 0 saturated carbocycles. The summed E-state index contributed by atoms with van der Waals surface area (Å²) in [4.78, 5) is 31.1. The second-order valence-electron chi connectivity index (χ2n) is 5.02. The Morgan fingerprint density at radius 2 is 2.33 bits per heavy atom. The van der Waals surface area contributed by atoms with E-state index in [9.17, 15) is 9.59 Å². The summed E-state index contributed by atoms with van der Waals surface area (Å²) in [6.07, 6.45) is 5.03. The Balaban J connectivity index is 1.98. The first-order valence-corrected chi connectivity index (χ1v) is 8.16. The number of fused-ring (bicyclic) bond motifs is 1. The summed E-state index contributed by atoms with van der Waals surface area (Å²) in [5.41, 5.74) is 0.417. The third-order valence-electron chi connectivity index (χ3n) is 3.63. The maximum atomic E-state index is 12.7. The number of carbonyl (C=O) groups is 1. The molecular weight excluding hydrogens is 286 g/mol. The first-order valence-electron chi connectivity index (χ1n) is 7.11. The van der Waals surface area contributed by atoms with Crippen molar-refractivity contribution in [2.24, 2.45) is 0 Å². The molecule has 1 atom stereocenters. The van der Waals surface area contributed by atoms with Crippen LogP contribution >= 0.6 is 11.8 Å². The van der Waals surface area contributed by atoms with Crippen LogP contribution < -0.4 is 5.56 Å². The van der Waals surface area contributed by atoms with Gasteiger partial charge in [0, 0.05) is 24.7 Å². The SMILES string of the molecule is CCC[C@@H]1SCCN1C(=O)c1cnc2ccccn2c1=O. The van der Waals surface area contributed by atoms with Crippen molar-refractivity contribution in [1.82, 2.24) is 14.3 Å². The fourth-order valence-electron chi connectivity index (χ4n) is 2.57. The van der Waals surface area contributed by atoms with Crippen LogP contribution in [0.25, 0.3) is 5.65 Å². The highest BCUT2D eigenvalue weighted by atomic mass is 32.2. The molecule has 1 aliphatic rings. The zero-order valence-electron chi connectivity index (χ0n) is 11.9. The van der Waals surface area contributed by atoms with Crippen LogP contribution in [0.4, 0.5) is 0 Å². The lowest BCUT2D eigenvalue weighted by Crippen LogP contribution is -2.38. The van der Waals surface area contributed by atoms with Crippen molar-refractivity contribution in [1.29, 1.82) is 0 Å². The molecule has 2 aromatic rings. The summed E-state index contributed by atoms with van der Waals surface area (Å²) in [7, 11) is 0. The van der Waals surface area contributed by atoms with Gasteiger partial charge in [0.15, 0.2) is 0 Å². The molecule has 1 fully saturated rings. The first kappa shape index (κ1) is 14.1. The number of nitrogens with zero attached hydrogens (tertiary/aromatic N) is 3. The minimum Gasteiger partial charge on any atom is -0.326 e. The van der Waals surface area contributed by atoms with Gasteiger partial charge in [-0.25, -0.2) is 4.98 Å². The second-order valence-corrected chi connectivity index (χ2v) is 6.30. The van der Waals surface area contributed by atoms with Gasteiger partial charge in [0.2, 0.25) is 0 Å². The number of pyridine rings is 1. The summed E-state index contributed by atoms with van der Waals surface area (Å²) in [6, 6.07) is 5.33. The number of thioether (sulfide) groups is 1. The molecule has 2 aromatic heterocycles. The lowest BCUT2D eigenvalue weighted by Gasteiger charge is -2.23. The van der Waals surface area contributed by atoms with Crippen LogP contribution in [0.3, 0.4) is 0 Å². The number of rotatable bonds is 3. The summed E-state index contributed by atoms with van der Waals surface area (Å²) >= 11 is 1.78. The molecule has 0 aliphatic carbocycles. The van der Waals surface area contributed by atoms with E-state index in [-0.39, 0.29) is 22.4 Å². The van der Waals surface area contributed by atoms with Crippen molar-refractivity contribution in [2.45, 2.75) is 25.1 Å². The molecule has 3 heterocycles. The molecule has 1 aliphatic heterocycles. The van der Waals surface area contributed by atoms with Crippen LogP contribution in [-0.4, -0.2) is 37.9 Å². The molecule has 0 unspecified atom stereocenters. The van der Waals surface area contributed by atoms with Crippen molar-refractivity contribution in [3.05, 3.63) is 46.5 Å². The molecule has 110 valence electrons. The smallest absolute Gasteiger partial charge is 0.270 e. The highest BCUT2D eigenvalue weighted by molar-refractivity contribution is 8.00. The zero-order valence-corrected chi connectivity index (χ0v) is 12.7. The standard InChI is InChI=1S/C15H17N3O2S/c1-2-5-13-18(8-9-21-13)15(20)11-10-16-12-6-3-4-7-17(12)14(11)19/h3-4,6-7,10,13H,2,5,8-9H2,1H3/t13-/m0/s1. The van der Waals surface area contributed by atoms with Crippen molar-refractivity contribution in [2.75, 3.05) is 12.3 Å². The highest BCUT2D eigenvalue weighted by Gasteiger charge is 2.30. The third-order valence-corrected chi connectivity index (χ3v) is 4.92. The van der Waals surface area contributed by atoms with Crippen molar-refractivity contribution >= 4 is 23.3 Å². The Labute approximate surface area is 127 Å². The first-order chi connectivity index (χ1) is 10.2. The molecule has 0 bridgehead atoms. The molecule has 0 radical (unpaired) electrons. The minimum atomic E-state index is -0.294. The van der Waals surface area contributed by atoms with Gasteiger partial charge in [-0.05, 0) is 18.6 Å². The van der Waals surface area contributed by atoms with Crippen LogP contribution in [-0.2, 0) is 0 Å². The Morgan fingerprint density at radius 3 is 3.14 bits per heavy atom. The zero-order chi connectivity index (χ0) is 14.8. The molecule has 1 saturated heterocycles. The number of hydrogen-bond acceptors (Lipinski definition) is 4. The lowest BCUT2D eigenvalue weighted by molar-refractivity contribution is 0.0754. The number of aromatic nitrogens is 2. The van der Waals surface area contributed by atoms with Gasteiger partial charge >= 0.3 is 0 Å². The number of amides is 1. The Kier molecular flexibility index (Phi) is 3.96. The van der Waals surface area contributed by atoms with E-state index in [1.165, 1.54) is 10.6 Å². The van der Waals surface area contributed by atoms with Gasteiger partial charge < -0.3 is 4.90 Å². The van der Waals surface area contributed by atoms with Crippen LogP contribution in [0, 0.1) is 0 Å². The van der Waals surface area contributed by atoms with Gasteiger partial charge in [0.25, 0.3) is 11.5 Å². The maximum Gasteiger partial charge on any atom is 0.270 e. The van der Waals surface area contributed by atoms with E-state index in [4.69, 9.17) is 0 Å². The van der Waals surface area contributed by atoms with Crippen molar-refractivity contribution < 1.29 is 4.79 Å². The van der Waals surface area contributed by atoms with Crippen molar-refractivity contribution in [3.63, 3.8) is 0 Å². The molecule has 6 heteroatoms. The van der Waals surface area contributed by atoms with E-state index in [0.29, 0.717) is 12.2 Å². The molecule has 5 nitrogen and oxygen atoms in total. The molecule has 0 N–H and O–H groups in total. The largest absolute Gasteiger partial charge is 0.326 e. The van der Waals surface area contributed by atoms with Crippen LogP contribution in [0.15, 0.2) is 35.4 Å². The Morgan fingerprint density at radius 1 is 1.48 bits per heavy atom. The molecular formula is C15H17N3O2S. The maximum absolute atomic E-state index is 12.7. The summed E-state index contributed by atoms with van der Waals surface area (Å²) < 4.78 is 1.42. The molecule has 0 aromatic carbocycles. The Hall–Kier alpha value is -1.82. The van der Waals surface area contributed by atoms with E-state index in [2.05, 4.69) is 11.9 Å². The van der Waals surface area contributed by atoms with E-state index in [1.54, 1.807) is 30.1 Å². The lowest BCUT2D eigenvalue weighted by atomic mass is 10.2. The topological polar surface area (TPSA) is 54.7 Å². The van der Waals surface area contributed by atoms with Crippen LogP contribution in [0.1, 0.15) is 30.1 Å². The van der Waals surface area contributed by atoms with Gasteiger partial charge in [-0.3, -0.25) is 14.0 Å². The molecule has 21 heavy (non-hydrogen) atoms. The Bertz CT molecular complexity index is 728. The minimum absolute atomic E-state index is 0.155. The predicted octanol–water partition coefficient (Wildman–Crippen LogP) is 2.01. The van der Waals surface area contributed by atoms with Crippen LogP contribution in [0.2, 0.25) is 0 Å². The quantitative estimate of drug-likeness (QED) is 0.870. The summed E-state index contributed by atoms with van der Waals surface area (Å²) in [5, 5.41) is 0.179. The summed E-state index contributed by atoms with van der Waals surface area (Å²) in [5.74, 6) is 0.730. The van der Waals surface area contributed by atoms with E-state index in [0.717, 1.165) is 18.6 Å². The fourth-order valence-corrected chi connectivity index (χ4v) is 3.93. The van der Waals surface area contributed by atoms with Gasteiger partial charge in [0.1, 0.15) is 11.2 Å². The van der Waals surface area contributed by atoms with E-state index < -0.39 is 0 Å². The second kappa shape index (κ2) is 5.89. The van der Waals surface area contributed by atoms with Crippen molar-refractivity contribution in [3.8, 4) is 0 Å². The number of carbonyl (C=O) groups excluding carboxylic acids is 1. The predicted molar refractivity (Wildman–Crippen MR) is 83.7 cm³/mol. The van der Waals surface area contributed by atoms with E-state index >= 15 is 0 Å². The number of hydrogen-bond donors (Lipinski definition) is 0. The monoisotopic (exact) mass is 303 g/mol. The van der Waals surface area contributed by atoms with Gasteiger partial charge in [0.05, 0.1) is 5.37 Å². The molecule has 1 amide bonds. The average Bonchev–Trinajstić information content (AvgIpc) is 2.96. The normalized spacial score (nSPS) is 18.3. The van der Waals surface area contributed by atoms with Gasteiger partial charge in [-0.2, -0.15) is 0 Å². The molecule has 0 spiro atoms. The third kappa shape index (κ3) is 2.55. The average molecular weight is 303 g/mol. The van der Waals surface area contributed by atoms with E-state index in [1.807, 2.05) is 11.0 Å². The summed E-state index contributed by atoms with van der Waals surface area (Å²) in [6.45, 7) is 2.80. The molecule has 3 rings (SSSR count). The van der Waals surface area contributed by atoms with Gasteiger partial charge in [-0.15, -0.1) is 11.8 Å².